The first-order valence-corrected chi connectivity index (χ1v) is 4.20. The van der Waals surface area contributed by atoms with Crippen molar-refractivity contribution in [3.63, 3.8) is 0 Å². The van der Waals surface area contributed by atoms with Crippen LogP contribution in [0.4, 0.5) is 0 Å². The summed E-state index contributed by atoms with van der Waals surface area (Å²) in [6, 6.07) is 6.38. The maximum Gasteiger partial charge on any atom is -0.0156 e. The van der Waals surface area contributed by atoms with E-state index in [0.29, 0.717) is 0 Å². The first kappa shape index (κ1) is 6.90. The lowest BCUT2D eigenvalue weighted by molar-refractivity contribution is 1.08. The second kappa shape index (κ2) is 2.37. The van der Waals surface area contributed by atoms with Crippen molar-refractivity contribution >= 4 is 0 Å². The Kier molecular flexibility index (Phi) is 1.49. The minimum Gasteiger partial charge on any atom is -0.0617 e. The first-order valence-electron chi connectivity index (χ1n) is 4.20. The summed E-state index contributed by atoms with van der Waals surface area (Å²) < 4.78 is 0. The van der Waals surface area contributed by atoms with Crippen LogP contribution in [0, 0.1) is 13.8 Å². The van der Waals surface area contributed by atoms with Gasteiger partial charge in [0.15, 0.2) is 0 Å². The van der Waals surface area contributed by atoms with Gasteiger partial charge in [0.05, 0.1) is 0 Å². The number of hydrogen-bond donors (Lipinski definition) is 0. The lowest BCUT2D eigenvalue weighted by atomic mass is 9.99. The predicted molar refractivity (Wildman–Crippen MR) is 47.6 cm³/mol. The fourth-order valence-corrected chi connectivity index (χ4v) is 1.70. The third kappa shape index (κ3) is 1.18. The molecule has 0 heteroatoms. The summed E-state index contributed by atoms with van der Waals surface area (Å²) in [6.45, 7) is 6.23. The molecule has 0 aromatic heterocycles. The molecular formula is C11H13. The summed E-state index contributed by atoms with van der Waals surface area (Å²) >= 11 is 0. The van der Waals surface area contributed by atoms with E-state index in [-0.39, 0.29) is 0 Å². The highest BCUT2D eigenvalue weighted by atomic mass is 14.3. The monoisotopic (exact) mass is 145 g/mol. The maximum atomic E-state index is 4.04. The zero-order valence-electron chi connectivity index (χ0n) is 6.93. The molecule has 0 bridgehead atoms. The van der Waals surface area contributed by atoms with E-state index < -0.39 is 0 Å². The number of benzene rings is 1. The van der Waals surface area contributed by atoms with Crippen LogP contribution in [-0.2, 0) is 0 Å². The van der Waals surface area contributed by atoms with Crippen LogP contribution in [0.3, 0.4) is 0 Å². The van der Waals surface area contributed by atoms with Gasteiger partial charge in [0.1, 0.15) is 0 Å². The minimum atomic E-state index is 0.837. The van der Waals surface area contributed by atoms with Gasteiger partial charge in [-0.3, -0.25) is 0 Å². The lowest BCUT2D eigenvalue weighted by Gasteiger charge is -2.06. The molecule has 1 fully saturated rings. The highest BCUT2D eigenvalue weighted by Gasteiger charge is 2.25. The van der Waals surface area contributed by atoms with Crippen molar-refractivity contribution in [1.82, 2.24) is 0 Å². The van der Waals surface area contributed by atoms with E-state index in [4.69, 9.17) is 0 Å². The first-order chi connectivity index (χ1) is 5.29. The Morgan fingerprint density at radius 2 is 2.09 bits per heavy atom. The molecule has 1 aromatic rings. The van der Waals surface area contributed by atoms with E-state index in [0.717, 1.165) is 5.92 Å². The van der Waals surface area contributed by atoms with Gasteiger partial charge in [0, 0.05) is 0 Å². The third-order valence-corrected chi connectivity index (χ3v) is 2.40. The molecule has 0 unspecified atom stereocenters. The molecule has 57 valence electrons. The van der Waals surface area contributed by atoms with E-state index in [1.165, 1.54) is 29.5 Å². The molecular weight excluding hydrogens is 132 g/mol. The third-order valence-electron chi connectivity index (χ3n) is 2.40. The van der Waals surface area contributed by atoms with Gasteiger partial charge in [-0.25, -0.2) is 0 Å². The van der Waals surface area contributed by atoms with Gasteiger partial charge >= 0.3 is 0 Å². The molecule has 0 atom stereocenters. The molecule has 0 aliphatic heterocycles. The average molecular weight is 145 g/mol. The van der Waals surface area contributed by atoms with Gasteiger partial charge in [-0.2, -0.15) is 0 Å². The van der Waals surface area contributed by atoms with Crippen LogP contribution in [0.1, 0.15) is 35.4 Å². The smallest absolute Gasteiger partial charge is 0.0156 e. The van der Waals surface area contributed by atoms with Crippen LogP contribution in [0.5, 0.6) is 0 Å². The molecule has 0 N–H and O–H groups in total. The molecule has 1 aromatic carbocycles. The Morgan fingerprint density at radius 1 is 1.36 bits per heavy atom. The van der Waals surface area contributed by atoms with Crippen molar-refractivity contribution in [3.05, 3.63) is 41.8 Å². The zero-order valence-corrected chi connectivity index (χ0v) is 6.93. The maximum absolute atomic E-state index is 4.04. The van der Waals surface area contributed by atoms with Crippen molar-refractivity contribution in [2.24, 2.45) is 0 Å². The Balaban J connectivity index is 2.48. The van der Waals surface area contributed by atoms with Crippen LogP contribution in [0.15, 0.2) is 18.2 Å². The summed E-state index contributed by atoms with van der Waals surface area (Å²) in [5.74, 6) is 0.837. The normalized spacial score (nSPS) is 16.9. The van der Waals surface area contributed by atoms with Crippen molar-refractivity contribution in [2.75, 3.05) is 0 Å². The van der Waals surface area contributed by atoms with E-state index in [1.54, 1.807) is 0 Å². The van der Waals surface area contributed by atoms with Gasteiger partial charge in [-0.15, -0.1) is 0 Å². The molecule has 1 radical (unpaired) electrons. The molecule has 2 rings (SSSR count). The van der Waals surface area contributed by atoms with Crippen LogP contribution >= 0.6 is 0 Å². The summed E-state index contributed by atoms with van der Waals surface area (Å²) in [7, 11) is 0. The molecule has 0 spiro atoms. The SMILES string of the molecule is [CH2]c1cccc(C)c1C1CC1. The van der Waals surface area contributed by atoms with Gasteiger partial charge in [-0.1, -0.05) is 18.2 Å². The van der Waals surface area contributed by atoms with Gasteiger partial charge in [-0.05, 0) is 49.3 Å². The van der Waals surface area contributed by atoms with E-state index >= 15 is 0 Å². The van der Waals surface area contributed by atoms with Crippen molar-refractivity contribution in [2.45, 2.75) is 25.7 Å². The standard InChI is InChI=1S/C11H13/c1-8-4-3-5-9(2)11(8)10-6-7-10/h3-5,10H,1,6-7H2,2H3. The molecule has 1 aliphatic carbocycles. The van der Waals surface area contributed by atoms with E-state index in [9.17, 15) is 0 Å². The summed E-state index contributed by atoms with van der Waals surface area (Å²) in [5.41, 5.74) is 4.15. The number of rotatable bonds is 1. The molecule has 0 heterocycles. The van der Waals surface area contributed by atoms with E-state index in [1.807, 2.05) is 0 Å². The fraction of sp³-hybridized carbons (Fsp3) is 0.364. The summed E-state index contributed by atoms with van der Waals surface area (Å²) in [6.07, 6.45) is 2.74. The van der Waals surface area contributed by atoms with Crippen molar-refractivity contribution in [1.29, 1.82) is 0 Å². The Hall–Kier alpha value is -0.780. The predicted octanol–water partition coefficient (Wildman–Crippen LogP) is 3.05. The largest absolute Gasteiger partial charge is 0.0617 e. The summed E-state index contributed by atoms with van der Waals surface area (Å²) in [5, 5.41) is 0. The molecule has 1 aliphatic rings. The number of hydrogen-bond acceptors (Lipinski definition) is 0. The Bertz CT molecular complexity index is 249. The van der Waals surface area contributed by atoms with Gasteiger partial charge < -0.3 is 0 Å². The molecule has 0 nitrogen and oxygen atoms in total. The van der Waals surface area contributed by atoms with E-state index in [2.05, 4.69) is 32.0 Å². The highest BCUT2D eigenvalue weighted by Crippen LogP contribution is 2.42. The second-order valence-electron chi connectivity index (χ2n) is 3.42. The van der Waals surface area contributed by atoms with Crippen molar-refractivity contribution in [3.8, 4) is 0 Å². The van der Waals surface area contributed by atoms with Crippen molar-refractivity contribution < 1.29 is 0 Å². The second-order valence-corrected chi connectivity index (χ2v) is 3.42. The van der Waals surface area contributed by atoms with Crippen LogP contribution in [-0.4, -0.2) is 0 Å². The van der Waals surface area contributed by atoms with Crippen LogP contribution < -0.4 is 0 Å². The number of aryl methyl sites for hydroxylation is 1. The molecule has 1 saturated carbocycles. The fourth-order valence-electron chi connectivity index (χ4n) is 1.70. The average Bonchev–Trinajstić information content (AvgIpc) is 2.70. The molecule has 0 saturated heterocycles. The Morgan fingerprint density at radius 3 is 2.64 bits per heavy atom. The highest BCUT2D eigenvalue weighted by molar-refractivity contribution is 5.40. The molecule has 11 heavy (non-hydrogen) atoms. The molecule has 0 amide bonds. The van der Waals surface area contributed by atoms with Gasteiger partial charge in [0.25, 0.3) is 0 Å². The minimum absolute atomic E-state index is 0.837. The van der Waals surface area contributed by atoms with Gasteiger partial charge in [0.2, 0.25) is 0 Å². The lowest BCUT2D eigenvalue weighted by Crippen LogP contribution is -1.89. The van der Waals surface area contributed by atoms with Crippen LogP contribution in [0.2, 0.25) is 0 Å². The topological polar surface area (TPSA) is 0 Å². The quantitative estimate of drug-likeness (QED) is 0.569. The Labute approximate surface area is 68.3 Å². The zero-order chi connectivity index (χ0) is 7.84. The van der Waals surface area contributed by atoms with Crippen LogP contribution in [0.25, 0.3) is 0 Å². The summed E-state index contributed by atoms with van der Waals surface area (Å²) in [4.78, 5) is 0.